The maximum atomic E-state index is 15.0. The molecule has 1 atom stereocenters. The van der Waals surface area contributed by atoms with E-state index in [0.717, 1.165) is 11.8 Å². The fraction of sp³-hybridized carbons (Fsp3) is 0.500. The number of hydrogen-bond donors (Lipinski definition) is 1. The highest BCUT2D eigenvalue weighted by molar-refractivity contribution is 5.86. The maximum absolute atomic E-state index is 15.0. The molecule has 0 saturated heterocycles. The average molecular weight is 452 g/mol. The molecule has 1 N–H and O–H groups in total. The number of carbonyl (C=O) groups excluding carboxylic acids is 1. The van der Waals surface area contributed by atoms with Gasteiger partial charge in [-0.2, -0.15) is 0 Å². The van der Waals surface area contributed by atoms with Gasteiger partial charge in [0.15, 0.2) is 0 Å². The quantitative estimate of drug-likeness (QED) is 0.608. The molecule has 0 spiro atoms. The summed E-state index contributed by atoms with van der Waals surface area (Å²) in [5.41, 5.74) is 0.941. The molecular formula is C24H29F4N3O. The molecular weight excluding hydrogens is 422 g/mol. The second-order valence-corrected chi connectivity index (χ2v) is 9.50. The topological polar surface area (TPSA) is 45.2 Å². The number of carbonyl (C=O) groups is 1. The number of halogens is 4. The largest absolute Gasteiger partial charge is 0.357 e. The molecule has 4 nitrogen and oxygen atoms in total. The number of anilines is 1. The van der Waals surface area contributed by atoms with E-state index in [0.29, 0.717) is 0 Å². The number of pyridine rings is 1. The zero-order valence-electron chi connectivity index (χ0n) is 18.8. The van der Waals surface area contributed by atoms with Crippen LogP contribution in [0.15, 0.2) is 36.7 Å². The van der Waals surface area contributed by atoms with E-state index >= 15 is 4.39 Å². The van der Waals surface area contributed by atoms with E-state index in [-0.39, 0.29) is 42.3 Å². The van der Waals surface area contributed by atoms with Gasteiger partial charge in [-0.15, -0.1) is 0 Å². The number of hydrogen-bond acceptors (Lipinski definition) is 3. The van der Waals surface area contributed by atoms with Gasteiger partial charge in [0.05, 0.1) is 11.9 Å². The smallest absolute Gasteiger partial charge is 0.248 e. The minimum Gasteiger partial charge on any atom is -0.357 e. The van der Waals surface area contributed by atoms with Crippen molar-refractivity contribution < 1.29 is 22.4 Å². The SMILES string of the molecule is CN(c1ccc(C(C)(C)C)cc1F)C(C(=O)NC1CCC(F)(F)CC1)c1cncc(F)c1. The first-order valence-electron chi connectivity index (χ1n) is 10.7. The van der Waals surface area contributed by atoms with Crippen molar-refractivity contribution in [2.45, 2.75) is 69.9 Å². The standard InChI is InChI=1S/C24H29F4N3O/c1-23(2,3)16-5-6-20(19(26)12-16)31(4)21(15-11-17(25)14-29-13-15)22(32)30-18-7-9-24(27,28)10-8-18/h5-6,11-14,18,21H,7-10H2,1-4H3,(H,30,32). The molecule has 2 aromatic rings. The minimum atomic E-state index is -2.72. The van der Waals surface area contributed by atoms with Crippen LogP contribution in [0.1, 0.15) is 63.6 Å². The van der Waals surface area contributed by atoms with Gasteiger partial charge in [0.25, 0.3) is 0 Å². The van der Waals surface area contributed by atoms with Gasteiger partial charge in [-0.3, -0.25) is 9.78 Å². The van der Waals surface area contributed by atoms with Gasteiger partial charge < -0.3 is 10.2 Å². The molecule has 174 valence electrons. The Morgan fingerprint density at radius 2 is 1.81 bits per heavy atom. The summed E-state index contributed by atoms with van der Waals surface area (Å²) in [6.07, 6.45) is 2.04. The summed E-state index contributed by atoms with van der Waals surface area (Å²) in [6.45, 7) is 5.90. The molecule has 1 aromatic heterocycles. The van der Waals surface area contributed by atoms with E-state index < -0.39 is 35.5 Å². The van der Waals surface area contributed by atoms with Crippen LogP contribution in [-0.2, 0) is 10.2 Å². The number of rotatable bonds is 5. The Kier molecular flexibility index (Phi) is 6.81. The lowest BCUT2D eigenvalue weighted by molar-refractivity contribution is -0.124. The summed E-state index contributed by atoms with van der Waals surface area (Å²) in [5, 5.41) is 2.79. The number of likely N-dealkylation sites (N-methyl/N-ethyl adjacent to an activating group) is 1. The highest BCUT2D eigenvalue weighted by atomic mass is 19.3. The van der Waals surface area contributed by atoms with Crippen molar-refractivity contribution in [3.63, 3.8) is 0 Å². The molecule has 1 fully saturated rings. The van der Waals surface area contributed by atoms with Crippen molar-refractivity contribution in [3.05, 3.63) is 59.4 Å². The monoisotopic (exact) mass is 451 g/mol. The molecule has 1 aliphatic carbocycles. The van der Waals surface area contributed by atoms with Crippen LogP contribution in [-0.4, -0.2) is 29.9 Å². The summed E-state index contributed by atoms with van der Waals surface area (Å²) in [5.74, 6) is -4.38. The van der Waals surface area contributed by atoms with E-state index in [1.165, 1.54) is 23.2 Å². The third kappa shape index (κ3) is 5.58. The summed E-state index contributed by atoms with van der Waals surface area (Å²) in [4.78, 5) is 18.5. The molecule has 32 heavy (non-hydrogen) atoms. The van der Waals surface area contributed by atoms with Crippen molar-refractivity contribution in [2.24, 2.45) is 0 Å². The molecule has 0 bridgehead atoms. The van der Waals surface area contributed by atoms with Crippen LogP contribution in [0.2, 0.25) is 0 Å². The Balaban J connectivity index is 1.90. The zero-order valence-corrected chi connectivity index (χ0v) is 18.8. The number of amides is 1. The molecule has 1 amide bonds. The molecule has 8 heteroatoms. The van der Waals surface area contributed by atoms with Crippen LogP contribution >= 0.6 is 0 Å². The molecule has 3 rings (SSSR count). The van der Waals surface area contributed by atoms with Crippen LogP contribution in [0, 0.1) is 11.6 Å². The lowest BCUT2D eigenvalue weighted by atomic mass is 9.87. The van der Waals surface area contributed by atoms with Gasteiger partial charge in [-0.1, -0.05) is 26.8 Å². The number of benzene rings is 1. The second kappa shape index (κ2) is 9.08. The van der Waals surface area contributed by atoms with Crippen molar-refractivity contribution in [1.82, 2.24) is 10.3 Å². The van der Waals surface area contributed by atoms with Gasteiger partial charge in [-0.05, 0) is 42.0 Å². The van der Waals surface area contributed by atoms with Crippen LogP contribution in [0.4, 0.5) is 23.2 Å². The third-order valence-electron chi connectivity index (χ3n) is 5.93. The second-order valence-electron chi connectivity index (χ2n) is 9.50. The fourth-order valence-electron chi connectivity index (χ4n) is 3.99. The van der Waals surface area contributed by atoms with Crippen molar-refractivity contribution >= 4 is 11.6 Å². The molecule has 1 aromatic carbocycles. The summed E-state index contributed by atoms with van der Waals surface area (Å²) in [7, 11) is 1.54. The molecule has 1 unspecified atom stereocenters. The highest BCUT2D eigenvalue weighted by Crippen LogP contribution is 2.35. The van der Waals surface area contributed by atoms with Crippen LogP contribution in [0.3, 0.4) is 0 Å². The van der Waals surface area contributed by atoms with Gasteiger partial charge >= 0.3 is 0 Å². The Morgan fingerprint density at radius 1 is 1.16 bits per heavy atom. The molecule has 0 radical (unpaired) electrons. The summed E-state index contributed by atoms with van der Waals surface area (Å²) < 4.78 is 55.9. The Labute approximate surface area is 186 Å². The van der Waals surface area contributed by atoms with E-state index in [4.69, 9.17) is 0 Å². The van der Waals surface area contributed by atoms with Crippen LogP contribution in [0.25, 0.3) is 0 Å². The fourth-order valence-corrected chi connectivity index (χ4v) is 3.99. The van der Waals surface area contributed by atoms with Gasteiger partial charge in [0.1, 0.15) is 17.7 Å². The third-order valence-corrected chi connectivity index (χ3v) is 5.93. The Morgan fingerprint density at radius 3 is 2.38 bits per heavy atom. The lowest BCUT2D eigenvalue weighted by Gasteiger charge is -2.33. The van der Waals surface area contributed by atoms with Crippen molar-refractivity contribution in [3.8, 4) is 0 Å². The van der Waals surface area contributed by atoms with Crippen LogP contribution in [0.5, 0.6) is 0 Å². The number of aromatic nitrogens is 1. The predicted octanol–water partition coefficient (Wildman–Crippen LogP) is 5.53. The van der Waals surface area contributed by atoms with Crippen molar-refractivity contribution in [1.29, 1.82) is 0 Å². The van der Waals surface area contributed by atoms with Gasteiger partial charge in [-0.25, -0.2) is 17.6 Å². The van der Waals surface area contributed by atoms with E-state index in [1.54, 1.807) is 19.2 Å². The average Bonchev–Trinajstić information content (AvgIpc) is 2.69. The Hall–Kier alpha value is -2.64. The number of nitrogens with zero attached hydrogens (tertiary/aromatic N) is 2. The first kappa shape index (κ1) is 24.0. The first-order valence-corrected chi connectivity index (χ1v) is 10.7. The van der Waals surface area contributed by atoms with Gasteiger partial charge in [0.2, 0.25) is 11.8 Å². The summed E-state index contributed by atoms with van der Waals surface area (Å²) >= 11 is 0. The molecule has 1 saturated carbocycles. The van der Waals surface area contributed by atoms with Gasteiger partial charge in [0, 0.05) is 37.7 Å². The number of nitrogens with one attached hydrogen (secondary N) is 1. The molecule has 0 aliphatic heterocycles. The summed E-state index contributed by atoms with van der Waals surface area (Å²) in [6, 6.07) is 4.46. The minimum absolute atomic E-state index is 0.144. The zero-order chi connectivity index (χ0) is 23.7. The Bertz CT molecular complexity index is 964. The first-order chi connectivity index (χ1) is 14.9. The molecule has 1 heterocycles. The van der Waals surface area contributed by atoms with Crippen molar-refractivity contribution in [2.75, 3.05) is 11.9 Å². The number of alkyl halides is 2. The van der Waals surface area contributed by atoms with Crippen LogP contribution < -0.4 is 10.2 Å². The normalized spacial score (nSPS) is 17.6. The maximum Gasteiger partial charge on any atom is 0.248 e. The van der Waals surface area contributed by atoms with E-state index in [9.17, 15) is 18.0 Å². The predicted molar refractivity (Wildman–Crippen MR) is 116 cm³/mol. The molecule has 1 aliphatic rings. The highest BCUT2D eigenvalue weighted by Gasteiger charge is 2.37. The van der Waals surface area contributed by atoms with E-state index in [2.05, 4.69) is 10.3 Å². The lowest BCUT2D eigenvalue weighted by Crippen LogP contribution is -2.46. The van der Waals surface area contributed by atoms with E-state index in [1.807, 2.05) is 20.8 Å².